The van der Waals surface area contributed by atoms with Crippen LogP contribution in [0.3, 0.4) is 0 Å². The number of amides is 2. The van der Waals surface area contributed by atoms with Crippen LogP contribution in [-0.2, 0) is 6.54 Å². The van der Waals surface area contributed by atoms with Gasteiger partial charge in [0.15, 0.2) is 0 Å². The van der Waals surface area contributed by atoms with Crippen molar-refractivity contribution in [1.82, 2.24) is 15.1 Å². The molecule has 1 fully saturated rings. The third kappa shape index (κ3) is 3.61. The summed E-state index contributed by atoms with van der Waals surface area (Å²) in [5.74, 6) is 0.875. The van der Waals surface area contributed by atoms with E-state index in [2.05, 4.69) is 34.5 Å². The second-order valence-corrected chi connectivity index (χ2v) is 6.60. The Labute approximate surface area is 148 Å². The molecule has 2 heterocycles. The highest BCUT2D eigenvalue weighted by molar-refractivity contribution is 5.75. The lowest BCUT2D eigenvalue weighted by atomic mass is 10.1. The van der Waals surface area contributed by atoms with Gasteiger partial charge in [-0.05, 0) is 11.6 Å². The quantitative estimate of drug-likeness (QED) is 0.936. The largest absolute Gasteiger partial charge is 0.491 e. The lowest BCUT2D eigenvalue weighted by Crippen LogP contribution is -2.52. The Kier molecular flexibility index (Phi) is 4.57. The average molecular weight is 337 g/mol. The van der Waals surface area contributed by atoms with Crippen molar-refractivity contribution in [2.24, 2.45) is 0 Å². The number of nitrogens with one attached hydrogen (secondary N) is 1. The highest BCUT2D eigenvalue weighted by Gasteiger charge is 2.28. The number of carbonyl (C=O) groups excluding carboxylic acids is 1. The summed E-state index contributed by atoms with van der Waals surface area (Å²) in [6.07, 6.45) is 0. The number of hydrogen-bond donors (Lipinski definition) is 1. The molecule has 0 bridgehead atoms. The zero-order valence-corrected chi connectivity index (χ0v) is 14.2. The topological polar surface area (TPSA) is 44.8 Å². The van der Waals surface area contributed by atoms with E-state index in [9.17, 15) is 4.79 Å². The molecular formula is C20H23N3O2. The minimum absolute atomic E-state index is 0.00432. The molecular weight excluding hydrogens is 314 g/mol. The summed E-state index contributed by atoms with van der Waals surface area (Å²) < 4.78 is 5.64. The van der Waals surface area contributed by atoms with Crippen molar-refractivity contribution in [2.45, 2.75) is 12.6 Å². The summed E-state index contributed by atoms with van der Waals surface area (Å²) in [4.78, 5) is 16.9. The maximum Gasteiger partial charge on any atom is 0.318 e. The molecule has 0 saturated carbocycles. The Morgan fingerprint density at radius 2 is 1.72 bits per heavy atom. The molecule has 130 valence electrons. The van der Waals surface area contributed by atoms with Crippen LogP contribution < -0.4 is 10.1 Å². The SMILES string of the molecule is O=C(NC1COc2ccccc21)N1CCN(Cc2ccccc2)CC1. The monoisotopic (exact) mass is 337 g/mol. The standard InChI is InChI=1S/C20H23N3O2/c24-20(21-18-15-25-19-9-5-4-8-17(18)19)23-12-10-22(11-13-23)14-16-6-2-1-3-7-16/h1-9,18H,10-15H2,(H,21,24). The van der Waals surface area contributed by atoms with Gasteiger partial charge in [-0.3, -0.25) is 4.90 Å². The Morgan fingerprint density at radius 1 is 1.00 bits per heavy atom. The van der Waals surface area contributed by atoms with Crippen molar-refractivity contribution in [2.75, 3.05) is 32.8 Å². The predicted octanol–water partition coefficient (Wildman–Crippen LogP) is 2.65. The van der Waals surface area contributed by atoms with Gasteiger partial charge in [0.05, 0.1) is 6.04 Å². The normalized spacial score (nSPS) is 20.0. The van der Waals surface area contributed by atoms with Crippen LogP contribution in [0.4, 0.5) is 4.79 Å². The molecule has 2 aliphatic heterocycles. The van der Waals surface area contributed by atoms with Crippen LogP contribution in [0.1, 0.15) is 17.2 Å². The first kappa shape index (κ1) is 16.0. The van der Waals surface area contributed by atoms with E-state index in [-0.39, 0.29) is 12.1 Å². The van der Waals surface area contributed by atoms with E-state index in [4.69, 9.17) is 4.74 Å². The van der Waals surface area contributed by atoms with Crippen LogP contribution in [0.5, 0.6) is 5.75 Å². The van der Waals surface area contributed by atoms with E-state index in [0.29, 0.717) is 6.61 Å². The molecule has 2 aromatic carbocycles. The summed E-state index contributed by atoms with van der Waals surface area (Å²) in [5.41, 5.74) is 2.39. The number of fused-ring (bicyclic) bond motifs is 1. The minimum Gasteiger partial charge on any atom is -0.491 e. The molecule has 25 heavy (non-hydrogen) atoms. The van der Waals surface area contributed by atoms with Gasteiger partial charge < -0.3 is 15.0 Å². The van der Waals surface area contributed by atoms with E-state index in [0.717, 1.165) is 44.0 Å². The Balaban J connectivity index is 1.29. The molecule has 0 spiro atoms. The number of benzene rings is 2. The summed E-state index contributed by atoms with van der Waals surface area (Å²) >= 11 is 0. The van der Waals surface area contributed by atoms with Crippen molar-refractivity contribution in [3.05, 3.63) is 65.7 Å². The first-order valence-corrected chi connectivity index (χ1v) is 8.83. The van der Waals surface area contributed by atoms with Crippen LogP contribution in [0.25, 0.3) is 0 Å². The lowest BCUT2D eigenvalue weighted by molar-refractivity contribution is 0.132. The third-order valence-electron chi connectivity index (χ3n) is 4.91. The number of urea groups is 1. The first-order valence-electron chi connectivity index (χ1n) is 8.83. The molecule has 1 N–H and O–H groups in total. The van der Waals surface area contributed by atoms with Gasteiger partial charge in [-0.25, -0.2) is 4.79 Å². The molecule has 0 aromatic heterocycles. The highest BCUT2D eigenvalue weighted by Crippen LogP contribution is 2.31. The number of carbonyl (C=O) groups is 1. The molecule has 2 aliphatic rings. The number of para-hydroxylation sites is 1. The summed E-state index contributed by atoms with van der Waals surface area (Å²) in [6, 6.07) is 18.3. The van der Waals surface area contributed by atoms with Gasteiger partial charge in [-0.2, -0.15) is 0 Å². The van der Waals surface area contributed by atoms with Crippen LogP contribution in [-0.4, -0.2) is 48.6 Å². The Hall–Kier alpha value is -2.53. The van der Waals surface area contributed by atoms with Gasteiger partial charge in [-0.15, -0.1) is 0 Å². The number of nitrogens with zero attached hydrogens (tertiary/aromatic N) is 2. The van der Waals surface area contributed by atoms with Gasteiger partial charge in [0.2, 0.25) is 0 Å². The minimum atomic E-state index is -0.0500. The summed E-state index contributed by atoms with van der Waals surface area (Å²) in [6.45, 7) is 4.78. The smallest absolute Gasteiger partial charge is 0.318 e. The third-order valence-corrected chi connectivity index (χ3v) is 4.91. The maximum absolute atomic E-state index is 12.6. The fourth-order valence-electron chi connectivity index (χ4n) is 3.47. The fourth-order valence-corrected chi connectivity index (χ4v) is 3.47. The van der Waals surface area contributed by atoms with Gasteiger partial charge in [0.1, 0.15) is 12.4 Å². The van der Waals surface area contributed by atoms with Crippen LogP contribution in [0.2, 0.25) is 0 Å². The molecule has 2 aromatic rings. The van der Waals surface area contributed by atoms with Crippen molar-refractivity contribution in [3.63, 3.8) is 0 Å². The highest BCUT2D eigenvalue weighted by atomic mass is 16.5. The predicted molar refractivity (Wildman–Crippen MR) is 96.5 cm³/mol. The van der Waals surface area contributed by atoms with Gasteiger partial charge >= 0.3 is 6.03 Å². The molecule has 1 saturated heterocycles. The van der Waals surface area contributed by atoms with E-state index >= 15 is 0 Å². The summed E-state index contributed by atoms with van der Waals surface area (Å²) in [7, 11) is 0. The van der Waals surface area contributed by atoms with E-state index in [1.165, 1.54) is 5.56 Å². The van der Waals surface area contributed by atoms with Crippen molar-refractivity contribution < 1.29 is 9.53 Å². The molecule has 5 heteroatoms. The summed E-state index contributed by atoms with van der Waals surface area (Å²) in [5, 5.41) is 3.11. The van der Waals surface area contributed by atoms with E-state index < -0.39 is 0 Å². The van der Waals surface area contributed by atoms with Gasteiger partial charge in [-0.1, -0.05) is 48.5 Å². The molecule has 1 unspecified atom stereocenters. The fraction of sp³-hybridized carbons (Fsp3) is 0.350. The van der Waals surface area contributed by atoms with Crippen LogP contribution in [0, 0.1) is 0 Å². The van der Waals surface area contributed by atoms with Crippen LogP contribution in [0.15, 0.2) is 54.6 Å². The Morgan fingerprint density at radius 3 is 2.52 bits per heavy atom. The van der Waals surface area contributed by atoms with Gasteiger partial charge in [0.25, 0.3) is 0 Å². The lowest BCUT2D eigenvalue weighted by Gasteiger charge is -2.35. The zero-order valence-electron chi connectivity index (χ0n) is 14.2. The molecule has 2 amide bonds. The second kappa shape index (κ2) is 7.15. The average Bonchev–Trinajstić information content (AvgIpc) is 3.06. The molecule has 1 atom stereocenters. The maximum atomic E-state index is 12.6. The number of hydrogen-bond acceptors (Lipinski definition) is 3. The zero-order chi connectivity index (χ0) is 17.1. The Bertz CT molecular complexity index is 727. The van der Waals surface area contributed by atoms with Crippen LogP contribution >= 0.6 is 0 Å². The number of ether oxygens (including phenoxy) is 1. The second-order valence-electron chi connectivity index (χ2n) is 6.60. The molecule has 0 radical (unpaired) electrons. The van der Waals surface area contributed by atoms with Gasteiger partial charge in [0, 0.05) is 38.3 Å². The number of piperazine rings is 1. The van der Waals surface area contributed by atoms with Crippen molar-refractivity contribution in [3.8, 4) is 5.75 Å². The number of rotatable bonds is 3. The van der Waals surface area contributed by atoms with Crippen molar-refractivity contribution >= 4 is 6.03 Å². The van der Waals surface area contributed by atoms with Crippen molar-refractivity contribution in [1.29, 1.82) is 0 Å². The molecule has 5 nitrogen and oxygen atoms in total. The van der Waals surface area contributed by atoms with E-state index in [1.807, 2.05) is 35.2 Å². The first-order chi connectivity index (χ1) is 12.3. The molecule has 4 rings (SSSR count). The van der Waals surface area contributed by atoms with E-state index in [1.54, 1.807) is 0 Å². The molecule has 0 aliphatic carbocycles.